The predicted molar refractivity (Wildman–Crippen MR) is 79.3 cm³/mol. The Hall–Kier alpha value is -1.72. The number of nitrogens with one attached hydrogen (secondary N) is 1. The molecule has 0 aliphatic heterocycles. The second-order valence-corrected chi connectivity index (χ2v) is 7.37. The Bertz CT molecular complexity index is 756. The quantitative estimate of drug-likeness (QED) is 0.886. The van der Waals surface area contributed by atoms with E-state index in [0.29, 0.717) is 6.42 Å². The molecule has 0 saturated heterocycles. The molecule has 2 aromatic carbocycles. The highest BCUT2D eigenvalue weighted by Gasteiger charge is 2.40. The number of fused-ring (bicyclic) bond motifs is 1. The first-order valence-electron chi connectivity index (χ1n) is 6.78. The molecule has 21 heavy (non-hydrogen) atoms. The van der Waals surface area contributed by atoms with Gasteiger partial charge in [0.1, 0.15) is 5.82 Å². The van der Waals surface area contributed by atoms with Crippen LogP contribution in [0.15, 0.2) is 53.4 Å². The van der Waals surface area contributed by atoms with Crippen LogP contribution >= 0.6 is 0 Å². The fourth-order valence-corrected chi connectivity index (χ4v) is 4.89. The molecule has 2 unspecified atom stereocenters. The van der Waals surface area contributed by atoms with Crippen LogP contribution in [0, 0.1) is 5.82 Å². The SMILES string of the molecule is CNC1c2ccccc2CC1S(=O)(=O)c1ccc(F)cc1. The third-order valence-electron chi connectivity index (χ3n) is 4.03. The molecule has 0 saturated carbocycles. The van der Waals surface area contributed by atoms with Crippen LogP contribution in [-0.2, 0) is 16.3 Å². The summed E-state index contributed by atoms with van der Waals surface area (Å²) in [6.07, 6.45) is 0.474. The second-order valence-electron chi connectivity index (χ2n) is 5.21. The minimum Gasteiger partial charge on any atom is -0.312 e. The molecule has 1 aliphatic carbocycles. The molecule has 1 N–H and O–H groups in total. The molecule has 2 atom stereocenters. The average Bonchev–Trinajstić information content (AvgIpc) is 2.87. The topological polar surface area (TPSA) is 46.2 Å². The van der Waals surface area contributed by atoms with E-state index in [1.807, 2.05) is 24.3 Å². The number of halogens is 1. The van der Waals surface area contributed by atoms with E-state index in [4.69, 9.17) is 0 Å². The maximum atomic E-state index is 13.0. The van der Waals surface area contributed by atoms with E-state index in [9.17, 15) is 12.8 Å². The highest BCUT2D eigenvalue weighted by atomic mass is 32.2. The van der Waals surface area contributed by atoms with Gasteiger partial charge in [0, 0.05) is 6.04 Å². The summed E-state index contributed by atoms with van der Waals surface area (Å²) in [5.74, 6) is -0.436. The number of hydrogen-bond acceptors (Lipinski definition) is 3. The zero-order chi connectivity index (χ0) is 15.0. The molecular weight excluding hydrogens is 289 g/mol. The second kappa shape index (κ2) is 5.24. The highest BCUT2D eigenvalue weighted by molar-refractivity contribution is 7.92. The van der Waals surface area contributed by atoms with Crippen LogP contribution in [0.25, 0.3) is 0 Å². The van der Waals surface area contributed by atoms with Gasteiger partial charge in [0.05, 0.1) is 10.1 Å². The lowest BCUT2D eigenvalue weighted by molar-refractivity contribution is 0.535. The van der Waals surface area contributed by atoms with Crippen LogP contribution < -0.4 is 5.32 Å². The van der Waals surface area contributed by atoms with Crippen LogP contribution in [-0.4, -0.2) is 20.7 Å². The molecular formula is C16H16FNO2S. The minimum absolute atomic E-state index is 0.168. The van der Waals surface area contributed by atoms with Gasteiger partial charge in [-0.25, -0.2) is 12.8 Å². The summed E-state index contributed by atoms with van der Waals surface area (Å²) < 4.78 is 38.6. The molecule has 3 rings (SSSR count). The summed E-state index contributed by atoms with van der Waals surface area (Å²) in [7, 11) is -1.75. The van der Waals surface area contributed by atoms with Crippen molar-refractivity contribution in [3.05, 3.63) is 65.5 Å². The summed E-state index contributed by atoms with van der Waals surface area (Å²) in [5.41, 5.74) is 2.07. The van der Waals surface area contributed by atoms with E-state index in [1.54, 1.807) is 7.05 Å². The van der Waals surface area contributed by atoms with E-state index in [0.717, 1.165) is 11.1 Å². The van der Waals surface area contributed by atoms with E-state index < -0.39 is 20.9 Å². The van der Waals surface area contributed by atoms with E-state index >= 15 is 0 Å². The third-order valence-corrected chi connectivity index (χ3v) is 6.20. The molecule has 0 aromatic heterocycles. The van der Waals surface area contributed by atoms with Gasteiger partial charge in [-0.1, -0.05) is 24.3 Å². The maximum Gasteiger partial charge on any atom is 0.183 e. The van der Waals surface area contributed by atoms with Crippen LogP contribution in [0.3, 0.4) is 0 Å². The summed E-state index contributed by atoms with van der Waals surface area (Å²) >= 11 is 0. The Balaban J connectivity index is 2.03. The molecule has 2 aromatic rings. The van der Waals surface area contributed by atoms with Gasteiger partial charge < -0.3 is 5.32 Å². The van der Waals surface area contributed by atoms with Crippen molar-refractivity contribution in [3.63, 3.8) is 0 Å². The first-order valence-corrected chi connectivity index (χ1v) is 8.33. The lowest BCUT2D eigenvalue weighted by Crippen LogP contribution is -2.33. The Labute approximate surface area is 123 Å². The van der Waals surface area contributed by atoms with Crippen LogP contribution in [0.1, 0.15) is 17.2 Å². The molecule has 0 spiro atoms. The largest absolute Gasteiger partial charge is 0.312 e. The van der Waals surface area contributed by atoms with Gasteiger partial charge in [0.25, 0.3) is 0 Å². The highest BCUT2D eigenvalue weighted by Crippen LogP contribution is 2.37. The van der Waals surface area contributed by atoms with E-state index in [-0.39, 0.29) is 10.9 Å². The van der Waals surface area contributed by atoms with Gasteiger partial charge in [-0.15, -0.1) is 0 Å². The van der Waals surface area contributed by atoms with Gasteiger partial charge in [-0.3, -0.25) is 0 Å². The summed E-state index contributed by atoms with van der Waals surface area (Å²) in [6.45, 7) is 0. The molecule has 0 heterocycles. The van der Waals surface area contributed by atoms with Gasteiger partial charge in [0.2, 0.25) is 0 Å². The first-order chi connectivity index (χ1) is 10.0. The average molecular weight is 305 g/mol. The van der Waals surface area contributed by atoms with Crippen LogP contribution in [0.2, 0.25) is 0 Å². The zero-order valence-corrected chi connectivity index (χ0v) is 12.4. The van der Waals surface area contributed by atoms with Crippen molar-refractivity contribution < 1.29 is 12.8 Å². The monoisotopic (exact) mass is 305 g/mol. The molecule has 0 fully saturated rings. The number of rotatable bonds is 3. The van der Waals surface area contributed by atoms with Crippen molar-refractivity contribution in [2.75, 3.05) is 7.05 Å². The molecule has 0 amide bonds. The fourth-order valence-electron chi connectivity index (χ4n) is 2.99. The predicted octanol–water partition coefficient (Wildman–Crippen LogP) is 2.48. The lowest BCUT2D eigenvalue weighted by Gasteiger charge is -2.20. The van der Waals surface area contributed by atoms with Gasteiger partial charge in [0.15, 0.2) is 9.84 Å². The normalized spacial score (nSPS) is 21.2. The Kier molecular flexibility index (Phi) is 3.55. The number of sulfone groups is 1. The summed E-state index contributed by atoms with van der Waals surface area (Å²) in [4.78, 5) is 0.168. The summed E-state index contributed by atoms with van der Waals surface area (Å²) in [5, 5.41) is 2.54. The smallest absolute Gasteiger partial charge is 0.183 e. The Morgan fingerprint density at radius 2 is 1.76 bits per heavy atom. The fraction of sp³-hybridized carbons (Fsp3) is 0.250. The molecule has 3 nitrogen and oxygen atoms in total. The maximum absolute atomic E-state index is 13.0. The van der Waals surface area contributed by atoms with Gasteiger partial charge in [-0.05, 0) is 48.9 Å². The van der Waals surface area contributed by atoms with Crippen LogP contribution in [0.4, 0.5) is 4.39 Å². The molecule has 1 aliphatic rings. The number of hydrogen-bond donors (Lipinski definition) is 1. The van der Waals surface area contributed by atoms with E-state index in [2.05, 4.69) is 5.32 Å². The van der Waals surface area contributed by atoms with Crippen molar-refractivity contribution in [2.45, 2.75) is 22.6 Å². The Morgan fingerprint density at radius 3 is 2.43 bits per heavy atom. The van der Waals surface area contributed by atoms with Crippen molar-refractivity contribution in [2.24, 2.45) is 0 Å². The van der Waals surface area contributed by atoms with Crippen molar-refractivity contribution in [1.29, 1.82) is 0 Å². The van der Waals surface area contributed by atoms with Crippen LogP contribution in [0.5, 0.6) is 0 Å². The lowest BCUT2D eigenvalue weighted by atomic mass is 10.1. The Morgan fingerprint density at radius 1 is 1.10 bits per heavy atom. The molecule has 5 heteroatoms. The van der Waals surface area contributed by atoms with Gasteiger partial charge >= 0.3 is 0 Å². The molecule has 0 bridgehead atoms. The minimum atomic E-state index is -3.51. The van der Waals surface area contributed by atoms with Crippen molar-refractivity contribution >= 4 is 9.84 Å². The van der Waals surface area contributed by atoms with E-state index in [1.165, 1.54) is 24.3 Å². The van der Waals surface area contributed by atoms with Gasteiger partial charge in [-0.2, -0.15) is 0 Å². The summed E-state index contributed by atoms with van der Waals surface area (Å²) in [6, 6.07) is 12.5. The standard InChI is InChI=1S/C16H16FNO2S/c1-18-16-14-5-3-2-4-11(14)10-15(16)21(19,20)13-8-6-12(17)7-9-13/h2-9,15-16,18H,10H2,1H3. The van der Waals surface area contributed by atoms with Crippen molar-refractivity contribution in [3.8, 4) is 0 Å². The number of benzene rings is 2. The first kappa shape index (κ1) is 14.2. The van der Waals surface area contributed by atoms with Crippen molar-refractivity contribution in [1.82, 2.24) is 5.32 Å². The third kappa shape index (κ3) is 2.36. The zero-order valence-electron chi connectivity index (χ0n) is 11.6. The molecule has 110 valence electrons. The molecule has 0 radical (unpaired) electrons.